The van der Waals surface area contributed by atoms with E-state index in [0.29, 0.717) is 22.8 Å². The summed E-state index contributed by atoms with van der Waals surface area (Å²) in [6.45, 7) is 0. The van der Waals surface area contributed by atoms with Crippen molar-refractivity contribution < 1.29 is 9.59 Å². The molecule has 2 amide bonds. The van der Waals surface area contributed by atoms with Crippen LogP contribution in [0.1, 0.15) is 23.2 Å². The first-order valence-electron chi connectivity index (χ1n) is 8.38. The van der Waals surface area contributed by atoms with Crippen molar-refractivity contribution >= 4 is 23.3 Å². The number of anilines is 2. The molecule has 7 nitrogen and oxygen atoms in total. The number of hydrogen-bond acceptors (Lipinski definition) is 4. The molecule has 1 aliphatic rings. The zero-order chi connectivity index (χ0) is 17.9. The van der Waals surface area contributed by atoms with E-state index >= 15 is 0 Å². The predicted octanol–water partition coefficient (Wildman–Crippen LogP) is 3.07. The molecule has 1 aliphatic carbocycles. The first-order valence-corrected chi connectivity index (χ1v) is 8.38. The zero-order valence-corrected chi connectivity index (χ0v) is 13.9. The summed E-state index contributed by atoms with van der Waals surface area (Å²) in [5.41, 5.74) is 2.53. The molecular formula is C19H17N5O2. The number of benzene rings is 1. The smallest absolute Gasteiger partial charge is 0.259 e. The highest BCUT2D eigenvalue weighted by Crippen LogP contribution is 2.30. The van der Waals surface area contributed by atoms with E-state index in [4.69, 9.17) is 0 Å². The molecule has 0 atom stereocenters. The van der Waals surface area contributed by atoms with Crippen LogP contribution < -0.4 is 10.6 Å². The van der Waals surface area contributed by atoms with E-state index in [1.165, 1.54) is 12.4 Å². The standard InChI is InChI=1S/C19H17N5O2/c25-18(13-6-7-13)23-16-9-8-14(10-20-16)22-19(26)15-11-21-24-17(15)12-4-2-1-3-5-12/h1-5,8-11,13H,6-7H2,(H,21,24)(H,22,26)(H,20,23,25). The first kappa shape index (κ1) is 16.0. The van der Waals surface area contributed by atoms with Crippen molar-refractivity contribution in [3.8, 4) is 11.3 Å². The summed E-state index contributed by atoms with van der Waals surface area (Å²) >= 11 is 0. The Kier molecular flexibility index (Phi) is 4.18. The summed E-state index contributed by atoms with van der Waals surface area (Å²) in [6, 6.07) is 12.9. The number of pyridine rings is 1. The van der Waals surface area contributed by atoms with E-state index in [-0.39, 0.29) is 17.7 Å². The number of hydrogen-bond donors (Lipinski definition) is 3. The molecule has 2 aromatic heterocycles. The Morgan fingerprint density at radius 3 is 2.50 bits per heavy atom. The first-order chi connectivity index (χ1) is 12.7. The van der Waals surface area contributed by atoms with Crippen LogP contribution in [-0.4, -0.2) is 27.0 Å². The zero-order valence-electron chi connectivity index (χ0n) is 13.9. The third-order valence-electron chi connectivity index (χ3n) is 4.17. The lowest BCUT2D eigenvalue weighted by molar-refractivity contribution is -0.117. The largest absolute Gasteiger partial charge is 0.320 e. The second-order valence-corrected chi connectivity index (χ2v) is 6.17. The molecule has 1 saturated carbocycles. The lowest BCUT2D eigenvalue weighted by Gasteiger charge is -2.07. The Balaban J connectivity index is 1.45. The number of carbonyl (C=O) groups excluding carboxylic acids is 2. The van der Waals surface area contributed by atoms with E-state index in [2.05, 4.69) is 25.8 Å². The Morgan fingerprint density at radius 1 is 1.00 bits per heavy atom. The Labute approximate surface area is 149 Å². The van der Waals surface area contributed by atoms with Gasteiger partial charge in [0.05, 0.1) is 29.3 Å². The van der Waals surface area contributed by atoms with E-state index in [0.717, 1.165) is 18.4 Å². The number of nitrogens with one attached hydrogen (secondary N) is 3. The molecule has 1 fully saturated rings. The van der Waals surface area contributed by atoms with Gasteiger partial charge >= 0.3 is 0 Å². The topological polar surface area (TPSA) is 99.8 Å². The van der Waals surface area contributed by atoms with Gasteiger partial charge in [-0.3, -0.25) is 14.7 Å². The monoisotopic (exact) mass is 347 g/mol. The van der Waals surface area contributed by atoms with Crippen LogP contribution in [0.25, 0.3) is 11.3 Å². The average molecular weight is 347 g/mol. The summed E-state index contributed by atoms with van der Waals surface area (Å²) in [4.78, 5) is 28.5. The Hall–Kier alpha value is -3.48. The molecule has 0 spiro atoms. The van der Waals surface area contributed by atoms with Gasteiger partial charge in [-0.15, -0.1) is 0 Å². The maximum Gasteiger partial charge on any atom is 0.259 e. The second-order valence-electron chi connectivity index (χ2n) is 6.17. The molecule has 2 heterocycles. The minimum absolute atomic E-state index is 0.000172. The number of nitrogens with zero attached hydrogens (tertiary/aromatic N) is 2. The second kappa shape index (κ2) is 6.79. The molecule has 0 aliphatic heterocycles. The minimum atomic E-state index is -0.283. The van der Waals surface area contributed by atoms with Gasteiger partial charge in [0.15, 0.2) is 0 Å². The van der Waals surface area contributed by atoms with Crippen LogP contribution in [0.15, 0.2) is 54.9 Å². The van der Waals surface area contributed by atoms with Crippen molar-refractivity contribution in [2.24, 2.45) is 5.92 Å². The van der Waals surface area contributed by atoms with Crippen LogP contribution in [0.2, 0.25) is 0 Å². The number of aromatic nitrogens is 3. The lowest BCUT2D eigenvalue weighted by Crippen LogP contribution is -2.15. The molecule has 0 saturated heterocycles. The van der Waals surface area contributed by atoms with Crippen molar-refractivity contribution in [3.63, 3.8) is 0 Å². The van der Waals surface area contributed by atoms with Crippen molar-refractivity contribution in [2.45, 2.75) is 12.8 Å². The molecule has 0 radical (unpaired) electrons. The van der Waals surface area contributed by atoms with Crippen molar-refractivity contribution in [1.82, 2.24) is 15.2 Å². The average Bonchev–Trinajstić information content (AvgIpc) is 3.40. The third kappa shape index (κ3) is 3.46. The summed E-state index contributed by atoms with van der Waals surface area (Å²) in [7, 11) is 0. The lowest BCUT2D eigenvalue weighted by atomic mass is 10.1. The molecule has 4 rings (SSSR count). The van der Waals surface area contributed by atoms with Gasteiger partial charge in [0.1, 0.15) is 5.82 Å². The quantitative estimate of drug-likeness (QED) is 0.660. The summed E-state index contributed by atoms with van der Waals surface area (Å²) in [5.74, 6) is 0.316. The summed E-state index contributed by atoms with van der Waals surface area (Å²) in [6.07, 6.45) is 4.89. The predicted molar refractivity (Wildman–Crippen MR) is 97.6 cm³/mol. The van der Waals surface area contributed by atoms with Crippen LogP contribution in [-0.2, 0) is 4.79 Å². The van der Waals surface area contributed by atoms with Crippen LogP contribution in [0.4, 0.5) is 11.5 Å². The number of rotatable bonds is 5. The van der Waals surface area contributed by atoms with E-state index in [9.17, 15) is 9.59 Å². The van der Waals surface area contributed by atoms with Crippen molar-refractivity contribution in [1.29, 1.82) is 0 Å². The Morgan fingerprint density at radius 2 is 1.81 bits per heavy atom. The fourth-order valence-corrected chi connectivity index (χ4v) is 2.60. The highest BCUT2D eigenvalue weighted by Gasteiger charge is 2.29. The van der Waals surface area contributed by atoms with E-state index in [1.54, 1.807) is 12.1 Å². The molecule has 0 unspecified atom stereocenters. The highest BCUT2D eigenvalue weighted by atomic mass is 16.2. The maximum absolute atomic E-state index is 12.6. The van der Waals surface area contributed by atoms with E-state index < -0.39 is 0 Å². The molecule has 26 heavy (non-hydrogen) atoms. The number of H-pyrrole nitrogens is 1. The summed E-state index contributed by atoms with van der Waals surface area (Å²) in [5, 5.41) is 12.4. The van der Waals surface area contributed by atoms with Gasteiger partial charge in [-0.25, -0.2) is 4.98 Å². The fraction of sp³-hybridized carbons (Fsp3) is 0.158. The molecule has 3 N–H and O–H groups in total. The van der Waals surface area contributed by atoms with Gasteiger partial charge in [-0.1, -0.05) is 30.3 Å². The Bertz CT molecular complexity index is 930. The molecular weight excluding hydrogens is 330 g/mol. The van der Waals surface area contributed by atoms with Gasteiger partial charge in [0, 0.05) is 11.5 Å². The highest BCUT2D eigenvalue weighted by molar-refractivity contribution is 6.08. The molecule has 1 aromatic carbocycles. The summed E-state index contributed by atoms with van der Waals surface area (Å²) < 4.78 is 0. The minimum Gasteiger partial charge on any atom is -0.320 e. The molecule has 7 heteroatoms. The SMILES string of the molecule is O=C(Nc1ccc(NC(=O)C2CC2)nc1)c1cn[nH]c1-c1ccccc1. The number of carbonyl (C=O) groups is 2. The van der Waals surface area contributed by atoms with Gasteiger partial charge in [-0.05, 0) is 25.0 Å². The molecule has 3 aromatic rings. The van der Waals surface area contributed by atoms with Crippen LogP contribution in [0.3, 0.4) is 0 Å². The van der Waals surface area contributed by atoms with Crippen molar-refractivity contribution in [3.05, 3.63) is 60.4 Å². The number of amides is 2. The molecule has 0 bridgehead atoms. The van der Waals surface area contributed by atoms with Crippen LogP contribution in [0, 0.1) is 5.92 Å². The third-order valence-corrected chi connectivity index (χ3v) is 4.17. The number of aromatic amines is 1. The van der Waals surface area contributed by atoms with Gasteiger partial charge in [0.25, 0.3) is 5.91 Å². The van der Waals surface area contributed by atoms with Gasteiger partial charge < -0.3 is 10.6 Å². The normalized spacial score (nSPS) is 13.2. The van der Waals surface area contributed by atoms with Crippen molar-refractivity contribution in [2.75, 3.05) is 10.6 Å². The van der Waals surface area contributed by atoms with Crippen LogP contribution in [0.5, 0.6) is 0 Å². The van der Waals surface area contributed by atoms with Gasteiger partial charge in [-0.2, -0.15) is 5.10 Å². The van der Waals surface area contributed by atoms with Crippen LogP contribution >= 0.6 is 0 Å². The van der Waals surface area contributed by atoms with E-state index in [1.807, 2.05) is 30.3 Å². The maximum atomic E-state index is 12.6. The van der Waals surface area contributed by atoms with Gasteiger partial charge in [0.2, 0.25) is 5.91 Å². The molecule has 130 valence electrons. The fourth-order valence-electron chi connectivity index (χ4n) is 2.60.